The first-order valence-electron chi connectivity index (χ1n) is 8.78. The number of carbonyl (C=O) groups is 1. The van der Waals surface area contributed by atoms with Crippen molar-refractivity contribution in [3.05, 3.63) is 35.6 Å². The first-order valence-corrected chi connectivity index (χ1v) is 8.78. The lowest BCUT2D eigenvalue weighted by atomic mass is 9.84. The highest BCUT2D eigenvalue weighted by Crippen LogP contribution is 2.39. The third-order valence-electron chi connectivity index (χ3n) is 5.44. The van der Waals surface area contributed by atoms with Gasteiger partial charge in [0.05, 0.1) is 0 Å². The highest BCUT2D eigenvalue weighted by Gasteiger charge is 2.45. The van der Waals surface area contributed by atoms with Crippen LogP contribution in [0.1, 0.15) is 45.1 Å². The van der Waals surface area contributed by atoms with Crippen molar-refractivity contribution in [2.75, 3.05) is 19.6 Å². The Morgan fingerprint density at radius 2 is 1.96 bits per heavy atom. The maximum absolute atomic E-state index is 13.3. The number of nitrogens with zero attached hydrogens (tertiary/aromatic N) is 2. The summed E-state index contributed by atoms with van der Waals surface area (Å²) >= 11 is 0. The molecule has 2 fully saturated rings. The van der Waals surface area contributed by atoms with Crippen LogP contribution in [-0.2, 0) is 11.3 Å². The molecule has 0 radical (unpaired) electrons. The van der Waals surface area contributed by atoms with E-state index in [4.69, 9.17) is 0 Å². The third-order valence-corrected chi connectivity index (χ3v) is 5.44. The quantitative estimate of drug-likeness (QED) is 0.852. The molecule has 2 saturated heterocycles. The normalized spacial score (nSPS) is 21.3. The molecule has 2 aliphatic rings. The summed E-state index contributed by atoms with van der Waals surface area (Å²) in [5.74, 6) is 0.219. The molecule has 0 N–H and O–H groups in total. The lowest BCUT2D eigenvalue weighted by Crippen LogP contribution is -2.54. The summed E-state index contributed by atoms with van der Waals surface area (Å²) in [5.41, 5.74) is 1.11. The Bertz CT molecular complexity index is 564. The predicted octanol–water partition coefficient (Wildman–Crippen LogP) is 3.44. The summed E-state index contributed by atoms with van der Waals surface area (Å²) < 4.78 is 13.3. The Morgan fingerprint density at radius 3 is 2.61 bits per heavy atom. The number of halogens is 1. The second-order valence-electron chi connectivity index (χ2n) is 7.38. The Labute approximate surface area is 138 Å². The van der Waals surface area contributed by atoms with Gasteiger partial charge in [-0.1, -0.05) is 26.0 Å². The van der Waals surface area contributed by atoms with Crippen molar-refractivity contribution in [2.45, 2.75) is 51.6 Å². The molecule has 0 aliphatic carbocycles. The predicted molar refractivity (Wildman–Crippen MR) is 89.4 cm³/mol. The van der Waals surface area contributed by atoms with Crippen LogP contribution < -0.4 is 0 Å². The molecule has 2 heterocycles. The van der Waals surface area contributed by atoms with Crippen LogP contribution in [0.5, 0.6) is 0 Å². The van der Waals surface area contributed by atoms with Crippen molar-refractivity contribution in [1.82, 2.24) is 9.80 Å². The van der Waals surface area contributed by atoms with E-state index in [1.54, 1.807) is 12.1 Å². The van der Waals surface area contributed by atoms with Gasteiger partial charge in [-0.15, -0.1) is 0 Å². The summed E-state index contributed by atoms with van der Waals surface area (Å²) in [6.07, 6.45) is 4.35. The van der Waals surface area contributed by atoms with Gasteiger partial charge in [-0.05, 0) is 43.4 Å². The second-order valence-corrected chi connectivity index (χ2v) is 7.38. The highest BCUT2D eigenvalue weighted by atomic mass is 19.1. The zero-order valence-electron chi connectivity index (χ0n) is 14.2. The van der Waals surface area contributed by atoms with Crippen LogP contribution in [0.4, 0.5) is 4.39 Å². The molecule has 4 heteroatoms. The molecule has 0 unspecified atom stereocenters. The van der Waals surface area contributed by atoms with E-state index in [9.17, 15) is 9.18 Å². The molecule has 1 aromatic rings. The molecular formula is C19H27FN2O. The largest absolute Gasteiger partial charge is 0.337 e. The summed E-state index contributed by atoms with van der Waals surface area (Å²) in [7, 11) is 0. The molecule has 0 bridgehead atoms. The van der Waals surface area contributed by atoms with Crippen molar-refractivity contribution in [3.63, 3.8) is 0 Å². The topological polar surface area (TPSA) is 23.6 Å². The van der Waals surface area contributed by atoms with Crippen LogP contribution in [-0.4, -0.2) is 40.9 Å². The molecule has 0 atom stereocenters. The van der Waals surface area contributed by atoms with Gasteiger partial charge in [0, 0.05) is 37.6 Å². The molecule has 23 heavy (non-hydrogen) atoms. The number of hydrogen-bond donors (Lipinski definition) is 0. The number of rotatable bonds is 3. The van der Waals surface area contributed by atoms with Crippen LogP contribution in [0.25, 0.3) is 0 Å². The van der Waals surface area contributed by atoms with Gasteiger partial charge < -0.3 is 4.90 Å². The molecule has 126 valence electrons. The van der Waals surface area contributed by atoms with Gasteiger partial charge in [0.1, 0.15) is 5.82 Å². The van der Waals surface area contributed by atoms with Crippen molar-refractivity contribution in [3.8, 4) is 0 Å². The van der Waals surface area contributed by atoms with Gasteiger partial charge in [-0.3, -0.25) is 9.69 Å². The van der Waals surface area contributed by atoms with Crippen LogP contribution in [0, 0.1) is 11.7 Å². The van der Waals surface area contributed by atoms with Gasteiger partial charge in [-0.2, -0.15) is 0 Å². The van der Waals surface area contributed by atoms with Gasteiger partial charge in [0.25, 0.3) is 0 Å². The van der Waals surface area contributed by atoms with Crippen LogP contribution >= 0.6 is 0 Å². The van der Waals surface area contributed by atoms with E-state index >= 15 is 0 Å². The molecular weight excluding hydrogens is 291 g/mol. The van der Waals surface area contributed by atoms with Crippen LogP contribution in [0.3, 0.4) is 0 Å². The monoisotopic (exact) mass is 318 g/mol. The molecule has 1 amide bonds. The van der Waals surface area contributed by atoms with Gasteiger partial charge in [0.15, 0.2) is 0 Å². The van der Waals surface area contributed by atoms with E-state index in [1.165, 1.54) is 6.07 Å². The Balaban J connectivity index is 1.62. The van der Waals surface area contributed by atoms with E-state index < -0.39 is 0 Å². The fraction of sp³-hybridized carbons (Fsp3) is 0.632. The number of benzene rings is 1. The minimum atomic E-state index is -0.166. The van der Waals surface area contributed by atoms with E-state index in [1.807, 2.05) is 19.9 Å². The first kappa shape index (κ1) is 16.4. The SMILES string of the molecule is CC(C)C(=O)N1CCCC12CCN(Cc1cccc(F)c1)CC2. The van der Waals surface area contributed by atoms with E-state index in [0.717, 1.165) is 57.4 Å². The van der Waals surface area contributed by atoms with Crippen molar-refractivity contribution in [2.24, 2.45) is 5.92 Å². The van der Waals surface area contributed by atoms with Gasteiger partial charge in [0.2, 0.25) is 5.91 Å². The average molecular weight is 318 g/mol. The number of hydrogen-bond acceptors (Lipinski definition) is 2. The van der Waals surface area contributed by atoms with Crippen LogP contribution in [0.2, 0.25) is 0 Å². The molecule has 1 spiro atoms. The standard InChI is InChI=1S/C19H27FN2O/c1-15(2)18(23)22-10-4-7-19(22)8-11-21(12-9-19)14-16-5-3-6-17(20)13-16/h3,5-6,13,15H,4,7-12,14H2,1-2H3. The fourth-order valence-corrected chi connectivity index (χ4v) is 4.13. The molecule has 0 saturated carbocycles. The summed E-state index contributed by atoms with van der Waals surface area (Å²) in [4.78, 5) is 17.0. The summed E-state index contributed by atoms with van der Waals surface area (Å²) in [6.45, 7) is 7.67. The number of piperidine rings is 1. The molecule has 0 aromatic heterocycles. The highest BCUT2D eigenvalue weighted by molar-refractivity contribution is 5.79. The average Bonchev–Trinajstić information content (AvgIpc) is 2.92. The maximum Gasteiger partial charge on any atom is 0.225 e. The van der Waals surface area contributed by atoms with Gasteiger partial charge in [-0.25, -0.2) is 4.39 Å². The van der Waals surface area contributed by atoms with Crippen molar-refractivity contribution < 1.29 is 9.18 Å². The maximum atomic E-state index is 13.3. The molecule has 3 rings (SSSR count). The summed E-state index contributed by atoms with van der Waals surface area (Å²) in [5, 5.41) is 0. The number of likely N-dealkylation sites (tertiary alicyclic amines) is 2. The number of amides is 1. The van der Waals surface area contributed by atoms with Crippen LogP contribution in [0.15, 0.2) is 24.3 Å². The fourth-order valence-electron chi connectivity index (χ4n) is 4.13. The minimum absolute atomic E-state index is 0.0790. The zero-order chi connectivity index (χ0) is 16.4. The van der Waals surface area contributed by atoms with Crippen molar-refractivity contribution in [1.29, 1.82) is 0 Å². The van der Waals surface area contributed by atoms with E-state index in [-0.39, 0.29) is 17.3 Å². The van der Waals surface area contributed by atoms with Gasteiger partial charge >= 0.3 is 0 Å². The second kappa shape index (κ2) is 6.60. The number of carbonyl (C=O) groups excluding carboxylic acids is 1. The Kier molecular flexibility index (Phi) is 4.72. The molecule has 3 nitrogen and oxygen atoms in total. The smallest absolute Gasteiger partial charge is 0.225 e. The lowest BCUT2D eigenvalue weighted by molar-refractivity contribution is -0.140. The zero-order valence-corrected chi connectivity index (χ0v) is 14.2. The Hall–Kier alpha value is -1.42. The molecule has 2 aliphatic heterocycles. The lowest BCUT2D eigenvalue weighted by Gasteiger charge is -2.45. The third kappa shape index (κ3) is 3.42. The van der Waals surface area contributed by atoms with E-state index in [2.05, 4.69) is 9.80 Å². The molecule has 1 aromatic carbocycles. The van der Waals surface area contributed by atoms with E-state index in [0.29, 0.717) is 5.91 Å². The van der Waals surface area contributed by atoms with Crippen molar-refractivity contribution >= 4 is 5.91 Å². The minimum Gasteiger partial charge on any atom is -0.337 e. The first-order chi connectivity index (χ1) is 11.0. The Morgan fingerprint density at radius 1 is 1.22 bits per heavy atom. The summed E-state index contributed by atoms with van der Waals surface area (Å²) in [6, 6.07) is 6.87.